The Kier molecular flexibility index (Phi) is 5.04. The number of para-hydroxylation sites is 1. The minimum Gasteiger partial charge on any atom is -0.362 e. The fraction of sp³-hybridized carbons (Fsp3) is 0.0435. The normalized spacial score (nSPS) is 18.0. The standard InChI is InChI=1S/C23H18FN5O/c1-29(20-9-12-27-19-8-7-16(24)15-18(19)20)21(10-14-28-29)23(25)22(30)11-13-26-17-5-3-2-4-6-17/h2-15,25H,1H3/p+1. The molecule has 148 valence electrons. The van der Waals surface area contributed by atoms with Gasteiger partial charge in [-0.2, -0.15) is 0 Å². The van der Waals surface area contributed by atoms with Crippen molar-refractivity contribution in [3.05, 3.63) is 90.7 Å². The Labute approximate surface area is 172 Å². The van der Waals surface area contributed by atoms with Gasteiger partial charge in [-0.1, -0.05) is 23.3 Å². The van der Waals surface area contributed by atoms with Crippen LogP contribution in [0.1, 0.15) is 0 Å². The molecule has 1 unspecified atom stereocenters. The van der Waals surface area contributed by atoms with Crippen molar-refractivity contribution in [2.75, 3.05) is 12.4 Å². The number of fused-ring (bicyclic) bond motifs is 1. The van der Waals surface area contributed by atoms with Gasteiger partial charge in [0.05, 0.1) is 17.1 Å². The van der Waals surface area contributed by atoms with Gasteiger partial charge in [-0.15, -0.1) is 4.59 Å². The molecule has 2 N–H and O–H groups in total. The van der Waals surface area contributed by atoms with Crippen LogP contribution in [0.2, 0.25) is 0 Å². The minimum atomic E-state index is -0.468. The number of nitrogens with one attached hydrogen (secondary N) is 2. The van der Waals surface area contributed by atoms with Crippen molar-refractivity contribution in [1.82, 2.24) is 9.58 Å². The molecule has 7 heteroatoms. The highest BCUT2D eigenvalue weighted by atomic mass is 19.1. The second-order valence-electron chi connectivity index (χ2n) is 6.85. The second kappa shape index (κ2) is 7.81. The van der Waals surface area contributed by atoms with Crippen molar-refractivity contribution in [1.29, 1.82) is 5.41 Å². The zero-order valence-electron chi connectivity index (χ0n) is 16.2. The molecular formula is C23H19FN5O+. The van der Waals surface area contributed by atoms with Crippen molar-refractivity contribution >= 4 is 40.0 Å². The van der Waals surface area contributed by atoms with E-state index in [0.29, 0.717) is 22.3 Å². The zero-order chi connectivity index (χ0) is 21.1. The first-order valence-electron chi connectivity index (χ1n) is 9.28. The van der Waals surface area contributed by atoms with Crippen molar-refractivity contribution in [2.24, 2.45) is 5.10 Å². The van der Waals surface area contributed by atoms with Crippen molar-refractivity contribution in [3.8, 4) is 0 Å². The number of anilines is 1. The van der Waals surface area contributed by atoms with Crippen LogP contribution in [-0.2, 0) is 4.79 Å². The molecule has 1 atom stereocenters. The van der Waals surface area contributed by atoms with Crippen LogP contribution in [0.5, 0.6) is 0 Å². The molecule has 1 aliphatic heterocycles. The van der Waals surface area contributed by atoms with Gasteiger partial charge in [0.25, 0.3) is 0 Å². The van der Waals surface area contributed by atoms with E-state index in [0.717, 1.165) is 5.69 Å². The fourth-order valence-corrected chi connectivity index (χ4v) is 3.38. The van der Waals surface area contributed by atoms with Crippen LogP contribution in [0.25, 0.3) is 10.9 Å². The lowest BCUT2D eigenvalue weighted by molar-refractivity contribution is -0.109. The lowest BCUT2D eigenvalue weighted by Crippen LogP contribution is -2.41. The average Bonchev–Trinajstić information content (AvgIpc) is 3.15. The van der Waals surface area contributed by atoms with E-state index in [1.807, 2.05) is 30.3 Å². The molecule has 0 spiro atoms. The number of quaternary nitrogens is 1. The molecule has 6 nitrogen and oxygen atoms in total. The summed E-state index contributed by atoms with van der Waals surface area (Å²) in [5.41, 5.74) is 2.27. The predicted octanol–water partition coefficient (Wildman–Crippen LogP) is 4.41. The smallest absolute Gasteiger partial charge is 0.211 e. The molecule has 4 rings (SSSR count). The first-order chi connectivity index (χ1) is 14.5. The summed E-state index contributed by atoms with van der Waals surface area (Å²) >= 11 is 0. The highest BCUT2D eigenvalue weighted by Crippen LogP contribution is 2.36. The van der Waals surface area contributed by atoms with E-state index in [1.54, 1.807) is 37.7 Å². The first-order valence-corrected chi connectivity index (χ1v) is 9.28. The molecule has 0 radical (unpaired) electrons. The summed E-state index contributed by atoms with van der Waals surface area (Å²) in [7, 11) is 1.75. The van der Waals surface area contributed by atoms with Gasteiger partial charge in [-0.05, 0) is 30.3 Å². The SMILES string of the molecule is C[N+]1(c2ccnc3ccc(F)cc23)N=CC=C1C(=N)C(=O)C=CNc1ccccc1. The number of allylic oxidation sites excluding steroid dienone is 3. The van der Waals surface area contributed by atoms with Crippen LogP contribution in [0.15, 0.2) is 89.9 Å². The summed E-state index contributed by atoms with van der Waals surface area (Å²) < 4.78 is 13.7. The number of nitrogens with zero attached hydrogens (tertiary/aromatic N) is 3. The quantitative estimate of drug-likeness (QED) is 0.366. The summed E-state index contributed by atoms with van der Waals surface area (Å²) in [6.45, 7) is 0. The molecule has 0 saturated carbocycles. The molecule has 3 aromatic rings. The molecule has 2 heterocycles. The molecule has 30 heavy (non-hydrogen) atoms. The Morgan fingerprint density at radius 3 is 2.77 bits per heavy atom. The number of carbonyl (C=O) groups is 1. The maximum absolute atomic E-state index is 13.9. The maximum atomic E-state index is 13.9. The number of ketones is 1. The number of hydrogen-bond donors (Lipinski definition) is 2. The Balaban J connectivity index is 1.61. The monoisotopic (exact) mass is 400 g/mol. The molecule has 1 aromatic heterocycles. The van der Waals surface area contributed by atoms with Crippen LogP contribution in [0.3, 0.4) is 0 Å². The molecule has 2 aromatic carbocycles. The van der Waals surface area contributed by atoms with E-state index in [4.69, 9.17) is 5.41 Å². The van der Waals surface area contributed by atoms with Gasteiger partial charge in [0, 0.05) is 36.3 Å². The summed E-state index contributed by atoms with van der Waals surface area (Å²) in [5.74, 6) is -0.859. The number of halogens is 1. The molecule has 1 aliphatic rings. The van der Waals surface area contributed by atoms with Gasteiger partial charge in [0.15, 0.2) is 17.1 Å². The van der Waals surface area contributed by atoms with Gasteiger partial charge in [-0.3, -0.25) is 15.2 Å². The molecule has 0 aliphatic carbocycles. The van der Waals surface area contributed by atoms with Gasteiger partial charge >= 0.3 is 0 Å². The third-order valence-electron chi connectivity index (χ3n) is 4.91. The van der Waals surface area contributed by atoms with Gasteiger partial charge in [0.1, 0.15) is 12.9 Å². The highest BCUT2D eigenvalue weighted by Gasteiger charge is 2.39. The van der Waals surface area contributed by atoms with E-state index in [1.165, 1.54) is 24.4 Å². The average molecular weight is 400 g/mol. The summed E-state index contributed by atoms with van der Waals surface area (Å²) in [4.78, 5) is 16.9. The highest BCUT2D eigenvalue weighted by molar-refractivity contribution is 6.49. The predicted molar refractivity (Wildman–Crippen MR) is 118 cm³/mol. The zero-order valence-corrected chi connectivity index (χ0v) is 16.2. The van der Waals surface area contributed by atoms with E-state index in [2.05, 4.69) is 15.4 Å². The van der Waals surface area contributed by atoms with E-state index < -0.39 is 11.6 Å². The lowest BCUT2D eigenvalue weighted by Gasteiger charge is -2.26. The van der Waals surface area contributed by atoms with Crippen LogP contribution < -0.4 is 9.91 Å². The van der Waals surface area contributed by atoms with E-state index in [-0.39, 0.29) is 10.3 Å². The van der Waals surface area contributed by atoms with Gasteiger partial charge in [0.2, 0.25) is 5.78 Å². The van der Waals surface area contributed by atoms with Crippen molar-refractivity contribution in [2.45, 2.75) is 0 Å². The number of hydrogen-bond acceptors (Lipinski definition) is 5. The largest absolute Gasteiger partial charge is 0.362 e. The summed E-state index contributed by atoms with van der Waals surface area (Å²) in [6, 6.07) is 15.5. The fourth-order valence-electron chi connectivity index (χ4n) is 3.38. The van der Waals surface area contributed by atoms with Gasteiger partial charge < -0.3 is 5.32 Å². The summed E-state index contributed by atoms with van der Waals surface area (Å²) in [6.07, 6.45) is 7.60. The van der Waals surface area contributed by atoms with Crippen molar-refractivity contribution in [3.63, 3.8) is 0 Å². The second-order valence-corrected chi connectivity index (χ2v) is 6.85. The van der Waals surface area contributed by atoms with E-state index >= 15 is 0 Å². The van der Waals surface area contributed by atoms with Crippen LogP contribution in [0, 0.1) is 11.2 Å². The van der Waals surface area contributed by atoms with Crippen LogP contribution >= 0.6 is 0 Å². The number of pyridine rings is 1. The number of rotatable bonds is 6. The van der Waals surface area contributed by atoms with Crippen LogP contribution in [-0.4, -0.2) is 29.7 Å². The topological polar surface area (TPSA) is 78.2 Å². The molecular weight excluding hydrogens is 381 g/mol. The summed E-state index contributed by atoms with van der Waals surface area (Å²) in [5, 5.41) is 16.5. The van der Waals surface area contributed by atoms with Crippen molar-refractivity contribution < 1.29 is 9.18 Å². The minimum absolute atomic E-state index is 0.174. The Hall–Kier alpha value is -3.97. The Morgan fingerprint density at radius 1 is 1.17 bits per heavy atom. The third kappa shape index (κ3) is 3.54. The lowest BCUT2D eigenvalue weighted by atomic mass is 10.1. The van der Waals surface area contributed by atoms with Crippen LogP contribution in [0.4, 0.5) is 15.8 Å². The van der Waals surface area contributed by atoms with E-state index in [9.17, 15) is 9.18 Å². The molecule has 0 bridgehead atoms. The molecule has 0 fully saturated rings. The molecule has 0 saturated heterocycles. The Bertz CT molecular complexity index is 1230. The number of aromatic nitrogens is 1. The third-order valence-corrected chi connectivity index (χ3v) is 4.91. The Morgan fingerprint density at radius 2 is 1.97 bits per heavy atom. The number of benzene rings is 2. The van der Waals surface area contributed by atoms with Gasteiger partial charge in [-0.25, -0.2) is 4.39 Å². The first kappa shape index (κ1) is 19.4. The maximum Gasteiger partial charge on any atom is 0.211 e. The molecule has 0 amide bonds. The number of carbonyl (C=O) groups excluding carboxylic acids is 1.